The van der Waals surface area contributed by atoms with Crippen molar-refractivity contribution in [3.63, 3.8) is 0 Å². The van der Waals surface area contributed by atoms with Crippen LogP contribution in [-0.4, -0.2) is 21.1 Å². The summed E-state index contributed by atoms with van der Waals surface area (Å²) in [6, 6.07) is 2.07. The van der Waals surface area contributed by atoms with Crippen LogP contribution in [0.25, 0.3) is 5.52 Å². The SMILES string of the molecule is C#CCCNc1nccn2nc(C(C)(C)C)cc12. The van der Waals surface area contributed by atoms with Gasteiger partial charge < -0.3 is 5.32 Å². The maximum atomic E-state index is 5.24. The molecule has 0 atom stereocenters. The molecular weight excluding hydrogens is 224 g/mol. The highest BCUT2D eigenvalue weighted by Gasteiger charge is 2.18. The Morgan fingerprint density at radius 2 is 2.22 bits per heavy atom. The molecule has 0 aliphatic heterocycles. The van der Waals surface area contributed by atoms with Gasteiger partial charge in [0.1, 0.15) is 5.52 Å². The van der Waals surface area contributed by atoms with Gasteiger partial charge in [0.05, 0.1) is 5.69 Å². The number of aromatic nitrogens is 3. The Balaban J connectivity index is 2.37. The molecule has 0 unspecified atom stereocenters. The van der Waals surface area contributed by atoms with Gasteiger partial charge in [-0.2, -0.15) is 5.10 Å². The van der Waals surface area contributed by atoms with Crippen molar-refractivity contribution in [3.8, 4) is 12.3 Å². The van der Waals surface area contributed by atoms with Crippen molar-refractivity contribution in [3.05, 3.63) is 24.2 Å². The van der Waals surface area contributed by atoms with E-state index in [1.54, 1.807) is 6.20 Å². The van der Waals surface area contributed by atoms with Crippen molar-refractivity contribution >= 4 is 11.3 Å². The van der Waals surface area contributed by atoms with Crippen molar-refractivity contribution in [2.24, 2.45) is 0 Å². The Hall–Kier alpha value is -2.02. The van der Waals surface area contributed by atoms with Crippen LogP contribution in [0.3, 0.4) is 0 Å². The van der Waals surface area contributed by atoms with E-state index in [0.717, 1.165) is 23.6 Å². The second-order valence-electron chi connectivity index (χ2n) is 5.27. The van der Waals surface area contributed by atoms with Crippen LogP contribution in [0.4, 0.5) is 5.82 Å². The maximum absolute atomic E-state index is 5.24. The van der Waals surface area contributed by atoms with E-state index in [4.69, 9.17) is 6.42 Å². The quantitative estimate of drug-likeness (QED) is 0.664. The first-order valence-corrected chi connectivity index (χ1v) is 6.04. The van der Waals surface area contributed by atoms with E-state index in [1.165, 1.54) is 0 Å². The third-order valence-electron chi connectivity index (χ3n) is 2.72. The summed E-state index contributed by atoms with van der Waals surface area (Å²) in [6.07, 6.45) is 9.52. The van der Waals surface area contributed by atoms with Crippen molar-refractivity contribution in [2.45, 2.75) is 32.6 Å². The average Bonchev–Trinajstić information content (AvgIpc) is 2.73. The zero-order valence-electron chi connectivity index (χ0n) is 11.1. The fourth-order valence-electron chi connectivity index (χ4n) is 1.68. The predicted molar refractivity (Wildman–Crippen MR) is 73.6 cm³/mol. The summed E-state index contributed by atoms with van der Waals surface area (Å²) in [5, 5.41) is 7.81. The molecule has 2 heterocycles. The van der Waals surface area contributed by atoms with Gasteiger partial charge in [0.25, 0.3) is 0 Å². The minimum atomic E-state index is 0.0299. The molecule has 0 saturated heterocycles. The van der Waals surface area contributed by atoms with E-state index < -0.39 is 0 Å². The summed E-state index contributed by atoms with van der Waals surface area (Å²) in [6.45, 7) is 7.16. The molecular formula is C14H18N4. The average molecular weight is 242 g/mol. The van der Waals surface area contributed by atoms with Crippen molar-refractivity contribution in [1.29, 1.82) is 0 Å². The van der Waals surface area contributed by atoms with Crippen molar-refractivity contribution < 1.29 is 0 Å². The number of hydrogen-bond donors (Lipinski definition) is 1. The third-order valence-corrected chi connectivity index (χ3v) is 2.72. The standard InChI is InChI=1S/C14H18N4/c1-5-6-7-15-13-11-10-12(14(2,3)4)17-18(11)9-8-16-13/h1,8-10H,6-7H2,2-4H3,(H,15,16). The summed E-state index contributed by atoms with van der Waals surface area (Å²) in [5.41, 5.74) is 2.07. The van der Waals surface area contributed by atoms with Gasteiger partial charge in [0.2, 0.25) is 0 Å². The zero-order chi connectivity index (χ0) is 13.2. The van der Waals surface area contributed by atoms with Crippen LogP contribution in [0, 0.1) is 12.3 Å². The molecule has 2 aromatic heterocycles. The molecule has 0 spiro atoms. The highest BCUT2D eigenvalue weighted by molar-refractivity contribution is 5.68. The van der Waals surface area contributed by atoms with Gasteiger partial charge in [0, 0.05) is 30.8 Å². The molecule has 0 aromatic carbocycles. The Kier molecular flexibility index (Phi) is 3.24. The van der Waals surface area contributed by atoms with Crippen LogP contribution in [0.5, 0.6) is 0 Å². The zero-order valence-corrected chi connectivity index (χ0v) is 11.1. The van der Waals surface area contributed by atoms with Crippen LogP contribution >= 0.6 is 0 Å². The maximum Gasteiger partial charge on any atom is 0.152 e. The molecule has 0 fully saturated rings. The number of terminal acetylenes is 1. The van der Waals surface area contributed by atoms with Gasteiger partial charge in [0.15, 0.2) is 5.82 Å². The molecule has 0 aliphatic rings. The molecule has 0 bridgehead atoms. The lowest BCUT2D eigenvalue weighted by atomic mass is 9.92. The minimum absolute atomic E-state index is 0.0299. The number of anilines is 1. The molecule has 0 radical (unpaired) electrons. The Bertz CT molecular complexity index is 584. The van der Waals surface area contributed by atoms with Crippen LogP contribution < -0.4 is 5.32 Å². The lowest BCUT2D eigenvalue weighted by Crippen LogP contribution is -2.11. The lowest BCUT2D eigenvalue weighted by molar-refractivity contribution is 0.562. The Morgan fingerprint density at radius 1 is 1.44 bits per heavy atom. The normalized spacial score (nSPS) is 11.4. The first kappa shape index (κ1) is 12.4. The number of fused-ring (bicyclic) bond motifs is 1. The predicted octanol–water partition coefficient (Wildman–Crippen LogP) is 2.46. The molecule has 2 aromatic rings. The van der Waals surface area contributed by atoms with Gasteiger partial charge in [-0.25, -0.2) is 9.50 Å². The number of rotatable bonds is 3. The number of hydrogen-bond acceptors (Lipinski definition) is 3. The molecule has 0 saturated carbocycles. The summed E-state index contributed by atoms with van der Waals surface area (Å²) in [5.74, 6) is 3.43. The fraction of sp³-hybridized carbons (Fsp3) is 0.429. The van der Waals surface area contributed by atoms with Crippen LogP contribution in [0.15, 0.2) is 18.5 Å². The van der Waals surface area contributed by atoms with Crippen LogP contribution in [0.2, 0.25) is 0 Å². The van der Waals surface area contributed by atoms with Crippen molar-refractivity contribution in [2.75, 3.05) is 11.9 Å². The molecule has 0 aliphatic carbocycles. The van der Waals surface area contributed by atoms with Gasteiger partial charge >= 0.3 is 0 Å². The van der Waals surface area contributed by atoms with Gasteiger partial charge in [-0.3, -0.25) is 0 Å². The lowest BCUT2D eigenvalue weighted by Gasteiger charge is -2.13. The molecule has 18 heavy (non-hydrogen) atoms. The van der Waals surface area contributed by atoms with Gasteiger partial charge in [-0.05, 0) is 6.07 Å². The second-order valence-corrected chi connectivity index (χ2v) is 5.27. The van der Waals surface area contributed by atoms with E-state index in [-0.39, 0.29) is 5.41 Å². The van der Waals surface area contributed by atoms with Crippen molar-refractivity contribution in [1.82, 2.24) is 14.6 Å². The van der Waals surface area contributed by atoms with E-state index in [1.807, 2.05) is 10.7 Å². The molecule has 2 rings (SSSR count). The summed E-state index contributed by atoms with van der Waals surface area (Å²) < 4.78 is 1.85. The molecule has 0 amide bonds. The van der Waals surface area contributed by atoms with Gasteiger partial charge in [-0.1, -0.05) is 20.8 Å². The Labute approximate surface area is 107 Å². The first-order valence-electron chi connectivity index (χ1n) is 6.04. The van der Waals surface area contributed by atoms with Crippen LogP contribution in [-0.2, 0) is 5.41 Å². The summed E-state index contributed by atoms with van der Waals surface area (Å²) in [4.78, 5) is 4.33. The number of nitrogens with one attached hydrogen (secondary N) is 1. The number of nitrogens with zero attached hydrogens (tertiary/aromatic N) is 3. The smallest absolute Gasteiger partial charge is 0.152 e. The fourth-order valence-corrected chi connectivity index (χ4v) is 1.68. The molecule has 4 nitrogen and oxygen atoms in total. The molecule has 1 N–H and O–H groups in total. The van der Waals surface area contributed by atoms with E-state index in [0.29, 0.717) is 6.42 Å². The summed E-state index contributed by atoms with van der Waals surface area (Å²) in [7, 11) is 0. The van der Waals surface area contributed by atoms with E-state index >= 15 is 0 Å². The highest BCUT2D eigenvalue weighted by Crippen LogP contribution is 2.24. The van der Waals surface area contributed by atoms with E-state index in [9.17, 15) is 0 Å². The largest absolute Gasteiger partial charge is 0.367 e. The monoisotopic (exact) mass is 242 g/mol. The summed E-state index contributed by atoms with van der Waals surface area (Å²) >= 11 is 0. The van der Waals surface area contributed by atoms with E-state index in [2.05, 4.69) is 48.2 Å². The van der Waals surface area contributed by atoms with Gasteiger partial charge in [-0.15, -0.1) is 12.3 Å². The third kappa shape index (κ3) is 2.45. The highest BCUT2D eigenvalue weighted by atomic mass is 15.2. The van der Waals surface area contributed by atoms with Crippen LogP contribution in [0.1, 0.15) is 32.9 Å². The topological polar surface area (TPSA) is 42.2 Å². The minimum Gasteiger partial charge on any atom is -0.367 e. The Morgan fingerprint density at radius 3 is 2.89 bits per heavy atom. The molecule has 94 valence electrons. The second kappa shape index (κ2) is 4.69. The molecule has 4 heteroatoms. The first-order chi connectivity index (χ1) is 8.52.